The second-order valence-corrected chi connectivity index (χ2v) is 55.2. The lowest BCUT2D eigenvalue weighted by Crippen LogP contribution is -2.43. The molecule has 0 atom stereocenters. The molecule has 110 heavy (non-hydrogen) atoms. The Balaban J connectivity index is 1.09. The van der Waals surface area contributed by atoms with E-state index < -0.39 is 16.1 Å². The molecule has 0 N–H and O–H groups in total. The predicted molar refractivity (Wildman–Crippen MR) is 515 cm³/mol. The van der Waals surface area contributed by atoms with E-state index in [0.717, 1.165) is 61.2 Å². The highest BCUT2D eigenvalue weighted by Gasteiger charge is 2.44. The molecule has 0 spiro atoms. The standard InChI is InChI=1S/C92H116N2O2S12Si2/c1-19-25-29-33-37-63-49-77(101-75(63)55-83-89(95)93(23-5)91(97)107-83)71-41-43-73(99-71)79-51-65(39-35-31-27-21-3)85(103-79)81-53-69-67(45-47-109(57(7)8,58(9)10)59(11)12)88-70(68(87(69)105-81)46-48-110(60(13)14,61(15)16)62(17)18)54-82(106-88)86-66(40-36-32-28-22-4)52-80(104-86)74-44-42-72(100-74)78-50-64(38-34-30-26-20-2)76(102-78)56-84-90(96)94(24-6)92(98)108-84/h41-44,49-62H,19-40H2,1-18H3/b83-55-,84-56-. The molecular formula is C92H116N2O2S12Si2. The van der Waals surface area contributed by atoms with Crippen molar-refractivity contribution in [1.29, 1.82) is 0 Å². The van der Waals surface area contributed by atoms with Gasteiger partial charge in [-0.05, 0) is 194 Å². The van der Waals surface area contributed by atoms with Crippen molar-refractivity contribution in [3.05, 3.63) is 114 Å². The Hall–Kier alpha value is -3.81. The largest absolute Gasteiger partial charge is 0.293 e. The summed E-state index contributed by atoms with van der Waals surface area (Å²) < 4.78 is 3.87. The summed E-state index contributed by atoms with van der Waals surface area (Å²) in [5.74, 6) is 8.59. The van der Waals surface area contributed by atoms with Crippen molar-refractivity contribution in [2.45, 2.75) is 286 Å². The smallest absolute Gasteiger partial charge is 0.266 e. The Morgan fingerprint density at radius 2 is 0.664 bits per heavy atom. The minimum atomic E-state index is -2.24. The van der Waals surface area contributed by atoms with Crippen LogP contribution in [0.2, 0.25) is 33.2 Å². The van der Waals surface area contributed by atoms with Gasteiger partial charge in [0, 0.05) is 92.1 Å². The third-order valence-electron chi connectivity index (χ3n) is 23.0. The molecule has 18 heteroatoms. The number of likely N-dealkylation sites (N-methyl/N-ethyl adjacent to an activating group) is 2. The number of nitrogens with zero attached hydrogens (tertiary/aromatic N) is 2. The minimum absolute atomic E-state index is 0.0262. The van der Waals surface area contributed by atoms with Gasteiger partial charge in [-0.2, -0.15) is 0 Å². The lowest BCUT2D eigenvalue weighted by molar-refractivity contribution is -0.122. The van der Waals surface area contributed by atoms with Crippen LogP contribution in [0.3, 0.4) is 0 Å². The molecule has 2 aliphatic rings. The number of hydrogen-bond acceptors (Lipinski definition) is 14. The average Bonchev–Trinajstić information content (AvgIpc) is 1.54. The van der Waals surface area contributed by atoms with E-state index in [2.05, 4.69) is 207 Å². The van der Waals surface area contributed by atoms with E-state index in [0.29, 0.717) is 55.0 Å². The van der Waals surface area contributed by atoms with Crippen LogP contribution in [0, 0.1) is 22.9 Å². The van der Waals surface area contributed by atoms with E-state index >= 15 is 0 Å². The number of thiophene rings is 8. The summed E-state index contributed by atoms with van der Waals surface area (Å²) in [6.45, 7) is 43.9. The van der Waals surface area contributed by atoms with Crippen molar-refractivity contribution in [2.75, 3.05) is 13.1 Å². The highest BCUT2D eigenvalue weighted by molar-refractivity contribution is 8.27. The van der Waals surface area contributed by atoms with Crippen LogP contribution in [0.5, 0.6) is 0 Å². The lowest BCUT2D eigenvalue weighted by Gasteiger charge is -2.38. The highest BCUT2D eigenvalue weighted by atomic mass is 32.2. The van der Waals surface area contributed by atoms with Crippen molar-refractivity contribution in [3.8, 4) is 81.5 Å². The van der Waals surface area contributed by atoms with E-state index in [1.165, 1.54) is 222 Å². The Kier molecular flexibility index (Phi) is 31.2. The van der Waals surface area contributed by atoms with Gasteiger partial charge in [0.05, 0.1) is 30.3 Å². The molecule has 586 valence electrons. The predicted octanol–water partition coefficient (Wildman–Crippen LogP) is 32.6. The van der Waals surface area contributed by atoms with E-state index in [1.807, 2.05) is 105 Å². The number of amides is 2. The molecule has 10 heterocycles. The number of fused-ring (bicyclic) bond motifs is 2. The summed E-state index contributed by atoms with van der Waals surface area (Å²) in [4.78, 5) is 50.3. The molecule has 0 aliphatic carbocycles. The van der Waals surface area contributed by atoms with Crippen LogP contribution >= 0.6 is 139 Å². The molecule has 1 aromatic carbocycles. The van der Waals surface area contributed by atoms with Crippen LogP contribution in [0.1, 0.15) is 270 Å². The zero-order valence-electron chi connectivity index (χ0n) is 68.6. The molecule has 9 aromatic rings. The molecule has 2 aliphatic heterocycles. The molecule has 0 unspecified atom stereocenters. The van der Waals surface area contributed by atoms with Gasteiger partial charge in [-0.15, -0.1) is 102 Å². The summed E-state index contributed by atoms with van der Waals surface area (Å²) >= 11 is 29.7. The molecule has 2 saturated heterocycles. The van der Waals surface area contributed by atoms with Crippen molar-refractivity contribution in [1.82, 2.24) is 9.80 Å². The van der Waals surface area contributed by atoms with E-state index in [9.17, 15) is 9.59 Å². The zero-order valence-corrected chi connectivity index (χ0v) is 80.4. The fourth-order valence-electron chi connectivity index (χ4n) is 17.1. The summed E-state index contributed by atoms with van der Waals surface area (Å²) in [5.41, 5.74) is 19.5. The molecule has 11 rings (SSSR count). The Labute approximate surface area is 714 Å². The van der Waals surface area contributed by atoms with E-state index in [-0.39, 0.29) is 11.8 Å². The molecule has 2 fully saturated rings. The van der Waals surface area contributed by atoms with E-state index in [1.54, 1.807) is 9.80 Å². The van der Waals surface area contributed by atoms with Crippen LogP contribution in [0.15, 0.2) is 70.5 Å². The maximum atomic E-state index is 13.6. The van der Waals surface area contributed by atoms with Gasteiger partial charge in [-0.1, -0.05) is 248 Å². The number of benzene rings is 1. The van der Waals surface area contributed by atoms with Crippen LogP contribution in [-0.2, 0) is 35.3 Å². The van der Waals surface area contributed by atoms with Gasteiger partial charge in [-0.3, -0.25) is 19.4 Å². The van der Waals surface area contributed by atoms with Gasteiger partial charge in [0.2, 0.25) is 0 Å². The molecule has 0 radical (unpaired) electrons. The number of hydrogen-bond donors (Lipinski definition) is 0. The Morgan fingerprint density at radius 3 is 0.955 bits per heavy atom. The van der Waals surface area contributed by atoms with Crippen LogP contribution in [-0.4, -0.2) is 59.5 Å². The first-order valence-electron chi connectivity index (χ1n) is 41.2. The third-order valence-corrected chi connectivity index (χ3v) is 48.6. The fourth-order valence-corrected chi connectivity index (χ4v) is 40.1. The maximum absolute atomic E-state index is 13.6. The number of carbonyl (C=O) groups is 2. The van der Waals surface area contributed by atoms with Crippen LogP contribution < -0.4 is 0 Å². The maximum Gasteiger partial charge on any atom is 0.266 e. The molecule has 4 nitrogen and oxygen atoms in total. The summed E-state index contributed by atoms with van der Waals surface area (Å²) in [7, 11) is -4.48. The SMILES string of the molecule is CCCCCCc1cc(-c2ccc(-c3cc(CCCCCC)c(-c4cc5c(C#C[Si](C(C)C)(C(C)C)C(C)C)c6sc(-c7sc(-c8ccc(-c9cc(CCCCCC)c(/C=C%10\SC(=S)N(CC)C%10=O)s9)s8)cc7CCCCCC)cc6c(C#C[Si](C(C)C)(C(C)C)C(C)C)c5s4)s3)s2)sc1/C=C1\SC(=S)N(CC)C1=O. The monoisotopic (exact) mass is 1720 g/mol. The Bertz CT molecular complexity index is 4550. The first-order chi connectivity index (χ1) is 52.8. The minimum Gasteiger partial charge on any atom is -0.293 e. The third kappa shape index (κ3) is 18.9. The number of rotatable bonds is 36. The topological polar surface area (TPSA) is 40.6 Å². The van der Waals surface area contributed by atoms with Crippen LogP contribution in [0.25, 0.3) is 90.9 Å². The van der Waals surface area contributed by atoms with Crippen molar-refractivity contribution in [3.63, 3.8) is 0 Å². The first-order valence-corrected chi connectivity index (χ1v) is 54.6. The second-order valence-electron chi connectivity index (χ2n) is 32.1. The molecule has 0 bridgehead atoms. The normalized spacial score (nSPS) is 14.7. The first kappa shape index (κ1) is 87.0. The van der Waals surface area contributed by atoms with Crippen molar-refractivity contribution in [2.24, 2.45) is 0 Å². The number of thiocarbonyl (C=S) groups is 2. The highest BCUT2D eigenvalue weighted by Crippen LogP contribution is 2.54. The molecule has 2 amide bonds. The average molecular weight is 1720 g/mol. The summed E-state index contributed by atoms with van der Waals surface area (Å²) in [6.07, 6.45) is 27.5. The van der Waals surface area contributed by atoms with E-state index in [4.69, 9.17) is 24.4 Å². The summed E-state index contributed by atoms with van der Waals surface area (Å²) in [5, 5.41) is 2.53. The van der Waals surface area contributed by atoms with Gasteiger partial charge in [0.1, 0.15) is 24.8 Å². The number of unbranched alkanes of at least 4 members (excludes halogenated alkanes) is 12. The summed E-state index contributed by atoms with van der Waals surface area (Å²) in [6, 6.07) is 24.6. The van der Waals surface area contributed by atoms with Gasteiger partial charge < -0.3 is 0 Å². The van der Waals surface area contributed by atoms with Crippen LogP contribution in [0.4, 0.5) is 0 Å². The van der Waals surface area contributed by atoms with Gasteiger partial charge in [0.15, 0.2) is 0 Å². The number of thioether (sulfide) groups is 2. The molecule has 0 saturated carbocycles. The zero-order chi connectivity index (χ0) is 78.9. The Morgan fingerprint density at radius 1 is 0.364 bits per heavy atom. The van der Waals surface area contributed by atoms with Gasteiger partial charge in [-0.25, -0.2) is 0 Å². The van der Waals surface area contributed by atoms with Crippen molar-refractivity contribution < 1.29 is 9.59 Å². The lowest BCUT2D eigenvalue weighted by atomic mass is 10.0. The number of carbonyl (C=O) groups excluding carboxylic acids is 2. The second kappa shape index (κ2) is 39.4. The molecule has 8 aromatic heterocycles. The van der Waals surface area contributed by atoms with Gasteiger partial charge in [0.25, 0.3) is 11.8 Å². The number of aryl methyl sites for hydroxylation is 4. The van der Waals surface area contributed by atoms with Gasteiger partial charge >= 0.3 is 0 Å². The van der Waals surface area contributed by atoms with Crippen molar-refractivity contribution >= 4 is 208 Å². The molecular weight excluding hydrogens is 1610 g/mol. The fraction of sp³-hybridized carbons (Fsp3) is 0.500. The quantitative estimate of drug-likeness (QED) is 0.0128.